The van der Waals surface area contributed by atoms with Gasteiger partial charge in [-0.3, -0.25) is 14.4 Å². The third kappa shape index (κ3) is 5.47. The fourth-order valence-electron chi connectivity index (χ4n) is 6.86. The number of fused-ring (bicyclic) bond motifs is 5. The number of methoxy groups -OCH3 is 2. The number of carbonyl (C=O) groups excluding carboxylic acids is 4. The standard InChI is InChI=1S/C35H35NO15/c1-10-6-17-22(28(42)19(10)33(46)36-11(2)34(47)49-5)21-15(27(41)32(17)51-35-31(45)30(44)24(38)12(3)50-35)9-16-23(29(21)43)26(40)14-7-13(48-4)8-18(37)20(14)25(16)39/h6-9,11-12,24,27,30-32,35,37-38,41-45H,1-5H3,(H,36,46)/t11-,12-,24+,27+,30+,31-,32+,35+/m1/s1. The van der Waals surface area contributed by atoms with Crippen LogP contribution in [0.2, 0.25) is 0 Å². The third-order valence-electron chi connectivity index (χ3n) is 9.51. The molecule has 3 aromatic rings. The van der Waals surface area contributed by atoms with E-state index >= 15 is 0 Å². The Hall–Kier alpha value is -5.10. The number of ketones is 2. The molecule has 1 fully saturated rings. The Morgan fingerprint density at radius 1 is 0.824 bits per heavy atom. The fourth-order valence-corrected chi connectivity index (χ4v) is 6.86. The second-order valence-corrected chi connectivity index (χ2v) is 12.6. The van der Waals surface area contributed by atoms with Crippen molar-refractivity contribution in [2.24, 2.45) is 0 Å². The lowest BCUT2D eigenvalue weighted by Gasteiger charge is -2.42. The number of hydrogen-bond donors (Lipinski definition) is 8. The first-order chi connectivity index (χ1) is 24.0. The summed E-state index contributed by atoms with van der Waals surface area (Å²) in [5.41, 5.74) is -2.91. The number of benzene rings is 3. The molecule has 1 amide bonds. The van der Waals surface area contributed by atoms with Gasteiger partial charge in [0.25, 0.3) is 5.91 Å². The van der Waals surface area contributed by atoms with Gasteiger partial charge in [-0.25, -0.2) is 4.79 Å². The van der Waals surface area contributed by atoms with E-state index in [2.05, 4.69) is 10.1 Å². The Bertz CT molecular complexity index is 2010. The zero-order valence-corrected chi connectivity index (χ0v) is 27.8. The van der Waals surface area contributed by atoms with Crippen LogP contribution in [0.1, 0.15) is 84.9 Å². The first kappa shape index (κ1) is 35.7. The minimum Gasteiger partial charge on any atom is -0.507 e. The molecule has 6 rings (SSSR count). The largest absolute Gasteiger partial charge is 0.507 e. The van der Waals surface area contributed by atoms with E-state index in [9.17, 15) is 54.9 Å². The molecule has 51 heavy (non-hydrogen) atoms. The average Bonchev–Trinajstić information content (AvgIpc) is 3.09. The number of aryl methyl sites for hydroxylation is 1. The predicted octanol–water partition coefficient (Wildman–Crippen LogP) is 0.786. The van der Waals surface area contributed by atoms with E-state index in [4.69, 9.17) is 14.2 Å². The highest BCUT2D eigenvalue weighted by Crippen LogP contribution is 2.57. The third-order valence-corrected chi connectivity index (χ3v) is 9.51. The Morgan fingerprint density at radius 2 is 1.45 bits per heavy atom. The predicted molar refractivity (Wildman–Crippen MR) is 172 cm³/mol. The molecule has 1 saturated heterocycles. The SMILES string of the molecule is COC(=O)[C@@H](C)NC(=O)c1c(C)cc2c(c1O)-c1c(cc3c(c1O)C(=O)c1cc(OC)cc(O)c1C3=O)[C@H](O)[C@H]2O[C@@H]1O[C@H](C)[C@H](O)[C@H](O)[C@H]1O. The lowest BCUT2D eigenvalue weighted by molar-refractivity contribution is -0.312. The van der Waals surface area contributed by atoms with Crippen molar-refractivity contribution >= 4 is 23.4 Å². The second-order valence-electron chi connectivity index (χ2n) is 12.6. The van der Waals surface area contributed by atoms with Gasteiger partial charge < -0.3 is 60.0 Å². The van der Waals surface area contributed by atoms with Crippen molar-refractivity contribution in [3.8, 4) is 34.1 Å². The summed E-state index contributed by atoms with van der Waals surface area (Å²) >= 11 is 0. The van der Waals surface area contributed by atoms with Crippen LogP contribution >= 0.6 is 0 Å². The van der Waals surface area contributed by atoms with Crippen molar-refractivity contribution in [3.05, 3.63) is 68.8 Å². The van der Waals surface area contributed by atoms with Crippen molar-refractivity contribution in [1.82, 2.24) is 5.32 Å². The van der Waals surface area contributed by atoms with Crippen LogP contribution in [0.3, 0.4) is 0 Å². The molecule has 0 aromatic heterocycles. The van der Waals surface area contributed by atoms with Crippen molar-refractivity contribution in [2.45, 2.75) is 69.7 Å². The van der Waals surface area contributed by atoms with Gasteiger partial charge in [0.05, 0.1) is 37.0 Å². The van der Waals surface area contributed by atoms with E-state index in [1.165, 1.54) is 40.0 Å². The summed E-state index contributed by atoms with van der Waals surface area (Å²) in [4.78, 5) is 53.3. The zero-order valence-electron chi connectivity index (χ0n) is 27.8. The topological polar surface area (TPSA) is 259 Å². The molecule has 0 saturated carbocycles. The Balaban J connectivity index is 1.59. The summed E-state index contributed by atoms with van der Waals surface area (Å²) in [7, 11) is 2.40. The first-order valence-electron chi connectivity index (χ1n) is 15.7. The number of amides is 1. The molecule has 0 radical (unpaired) electrons. The Labute approximate surface area is 289 Å². The maximum atomic E-state index is 13.9. The molecule has 16 heteroatoms. The number of phenols is 3. The number of hydrogen-bond acceptors (Lipinski definition) is 15. The minimum atomic E-state index is -1.83. The second kappa shape index (κ2) is 12.9. The van der Waals surface area contributed by atoms with E-state index < -0.39 is 101 Å². The Kier molecular flexibility index (Phi) is 9.03. The van der Waals surface area contributed by atoms with Gasteiger partial charge in [-0.15, -0.1) is 0 Å². The molecule has 1 aliphatic heterocycles. The molecule has 0 bridgehead atoms. The number of rotatable bonds is 6. The van der Waals surface area contributed by atoms with Crippen LogP contribution in [0.15, 0.2) is 24.3 Å². The van der Waals surface area contributed by atoms with Gasteiger partial charge in [0.2, 0.25) is 0 Å². The zero-order chi connectivity index (χ0) is 37.4. The molecule has 3 aromatic carbocycles. The van der Waals surface area contributed by atoms with E-state index in [0.717, 1.165) is 19.2 Å². The van der Waals surface area contributed by atoms with Crippen molar-refractivity contribution in [2.75, 3.05) is 14.2 Å². The van der Waals surface area contributed by atoms with Crippen LogP contribution in [0.4, 0.5) is 0 Å². The number of aromatic hydroxyl groups is 3. The van der Waals surface area contributed by atoms with Gasteiger partial charge in [0, 0.05) is 28.3 Å². The number of nitrogens with one attached hydrogen (secondary N) is 1. The quantitative estimate of drug-likeness (QED) is 0.129. The molecule has 0 unspecified atom stereocenters. The van der Waals surface area contributed by atoms with Crippen LogP contribution in [0.25, 0.3) is 11.1 Å². The molecule has 0 spiro atoms. The number of ether oxygens (including phenoxy) is 4. The summed E-state index contributed by atoms with van der Waals surface area (Å²) in [6.07, 6.45) is -11.2. The van der Waals surface area contributed by atoms with E-state index in [1.54, 1.807) is 0 Å². The lowest BCUT2D eigenvalue weighted by Crippen LogP contribution is -2.57. The number of esters is 1. The molecule has 3 aliphatic rings. The molecular formula is C35H35NO15. The van der Waals surface area contributed by atoms with Crippen LogP contribution in [0.5, 0.6) is 23.0 Å². The fraction of sp³-hybridized carbons (Fsp3) is 0.371. The van der Waals surface area contributed by atoms with E-state index in [1.807, 2.05) is 0 Å². The van der Waals surface area contributed by atoms with Gasteiger partial charge in [0.1, 0.15) is 59.6 Å². The summed E-state index contributed by atoms with van der Waals surface area (Å²) in [6.45, 7) is 4.18. The Morgan fingerprint density at radius 3 is 2.10 bits per heavy atom. The van der Waals surface area contributed by atoms with Gasteiger partial charge in [0.15, 0.2) is 17.9 Å². The van der Waals surface area contributed by atoms with Gasteiger partial charge in [-0.05, 0) is 49.6 Å². The van der Waals surface area contributed by atoms with Crippen molar-refractivity contribution in [3.63, 3.8) is 0 Å². The van der Waals surface area contributed by atoms with Crippen LogP contribution < -0.4 is 10.1 Å². The highest BCUT2D eigenvalue weighted by molar-refractivity contribution is 6.31. The summed E-state index contributed by atoms with van der Waals surface area (Å²) in [5, 5.41) is 80.1. The summed E-state index contributed by atoms with van der Waals surface area (Å²) in [5.74, 6) is -5.70. The first-order valence-corrected chi connectivity index (χ1v) is 15.7. The monoisotopic (exact) mass is 709 g/mol. The maximum absolute atomic E-state index is 13.9. The normalized spacial score (nSPS) is 25.5. The van der Waals surface area contributed by atoms with E-state index in [-0.39, 0.29) is 50.3 Å². The highest BCUT2D eigenvalue weighted by atomic mass is 16.7. The van der Waals surface area contributed by atoms with Crippen molar-refractivity contribution < 1.29 is 73.9 Å². The number of aliphatic hydroxyl groups excluding tert-OH is 4. The smallest absolute Gasteiger partial charge is 0.328 e. The van der Waals surface area contributed by atoms with Crippen LogP contribution in [-0.2, 0) is 19.0 Å². The highest BCUT2D eigenvalue weighted by Gasteiger charge is 2.48. The average molecular weight is 710 g/mol. The molecule has 8 atom stereocenters. The van der Waals surface area contributed by atoms with Crippen LogP contribution in [0, 0.1) is 6.92 Å². The maximum Gasteiger partial charge on any atom is 0.328 e. The van der Waals surface area contributed by atoms with Gasteiger partial charge in [-0.2, -0.15) is 0 Å². The lowest BCUT2D eigenvalue weighted by atomic mass is 9.74. The summed E-state index contributed by atoms with van der Waals surface area (Å²) in [6, 6.07) is 3.58. The number of aliphatic hydroxyl groups is 4. The number of carbonyl (C=O) groups is 4. The molecule has 270 valence electrons. The molecule has 2 aliphatic carbocycles. The molecule has 1 heterocycles. The van der Waals surface area contributed by atoms with Gasteiger partial charge >= 0.3 is 5.97 Å². The molecule has 8 N–H and O–H groups in total. The van der Waals surface area contributed by atoms with Crippen molar-refractivity contribution in [1.29, 1.82) is 0 Å². The summed E-state index contributed by atoms with van der Waals surface area (Å²) < 4.78 is 21.4. The van der Waals surface area contributed by atoms with E-state index in [0.29, 0.717) is 0 Å². The van der Waals surface area contributed by atoms with Gasteiger partial charge in [-0.1, -0.05) is 6.07 Å². The number of phenolic OH excluding ortho intramolecular Hbond substituents is 3. The van der Waals surface area contributed by atoms with Crippen LogP contribution in [-0.4, -0.2) is 110 Å². The molecule has 16 nitrogen and oxygen atoms in total. The minimum absolute atomic E-state index is 0.0399. The molecular weight excluding hydrogens is 674 g/mol.